The first-order valence-corrected chi connectivity index (χ1v) is 6.85. The monoisotopic (exact) mass is 260 g/mol. The summed E-state index contributed by atoms with van der Waals surface area (Å²) >= 11 is 0. The number of rotatable bonds is 4. The first-order chi connectivity index (χ1) is 8.83. The molecule has 3 nitrogen and oxygen atoms in total. The molecule has 1 atom stereocenters. The Balaban J connectivity index is 2.37. The lowest BCUT2D eigenvalue weighted by Crippen LogP contribution is -2.32. The topological polar surface area (TPSA) is 23.6 Å². The summed E-state index contributed by atoms with van der Waals surface area (Å²) in [5.41, 5.74) is 3.56. The van der Waals surface area contributed by atoms with Crippen LogP contribution in [-0.4, -0.2) is 44.9 Å². The van der Waals surface area contributed by atoms with Gasteiger partial charge in [0.15, 0.2) is 5.78 Å². The van der Waals surface area contributed by atoms with Crippen LogP contribution in [0.1, 0.15) is 36.2 Å². The molecule has 0 spiro atoms. The number of carbonyl (C=O) groups excluding carboxylic acids is 1. The van der Waals surface area contributed by atoms with Gasteiger partial charge < -0.3 is 9.80 Å². The van der Waals surface area contributed by atoms with Gasteiger partial charge in [-0.2, -0.15) is 0 Å². The molecule has 0 unspecified atom stereocenters. The second kappa shape index (κ2) is 4.97. The molecule has 0 radical (unpaired) electrons. The van der Waals surface area contributed by atoms with Crippen LogP contribution in [-0.2, 0) is 5.41 Å². The van der Waals surface area contributed by atoms with Crippen LogP contribution < -0.4 is 4.90 Å². The van der Waals surface area contributed by atoms with Crippen molar-refractivity contribution in [2.75, 3.05) is 39.1 Å². The molecular weight excluding hydrogens is 236 g/mol. The number of ketones is 1. The Bertz CT molecular complexity index is 496. The van der Waals surface area contributed by atoms with Crippen LogP contribution in [0, 0.1) is 0 Å². The lowest BCUT2D eigenvalue weighted by atomic mass is 9.80. The van der Waals surface area contributed by atoms with Crippen molar-refractivity contribution in [2.24, 2.45) is 0 Å². The van der Waals surface area contributed by atoms with Crippen molar-refractivity contribution in [3.8, 4) is 0 Å². The zero-order valence-corrected chi connectivity index (χ0v) is 12.7. The molecule has 0 saturated carbocycles. The molecule has 1 aliphatic heterocycles. The van der Waals surface area contributed by atoms with E-state index in [9.17, 15) is 4.79 Å². The fraction of sp³-hybridized carbons (Fsp3) is 0.562. The first-order valence-electron chi connectivity index (χ1n) is 6.85. The van der Waals surface area contributed by atoms with E-state index in [0.717, 1.165) is 25.1 Å². The van der Waals surface area contributed by atoms with Gasteiger partial charge in [0.2, 0.25) is 0 Å². The molecule has 0 N–H and O–H groups in total. The van der Waals surface area contributed by atoms with Gasteiger partial charge in [-0.15, -0.1) is 0 Å². The lowest BCUT2D eigenvalue weighted by Gasteiger charge is -2.27. The van der Waals surface area contributed by atoms with Crippen molar-refractivity contribution < 1.29 is 4.79 Å². The van der Waals surface area contributed by atoms with Crippen molar-refractivity contribution in [1.82, 2.24) is 4.90 Å². The maximum Gasteiger partial charge on any atom is 0.159 e. The molecule has 0 aromatic heterocycles. The number of Topliss-reactive ketones (excluding diaryl/α,β-unsaturated/α-hetero) is 1. The standard InChI is InChI=1S/C16H24N2O/c1-12(19)13-6-7-15-14(10-13)16(2,11-18(15)5)8-9-17(3)4/h6-7,10H,8-9,11H2,1-5H3/t16-/m1/s1. The Morgan fingerprint density at radius 1 is 1.42 bits per heavy atom. The Kier molecular flexibility index (Phi) is 3.68. The number of anilines is 1. The average Bonchev–Trinajstić information content (AvgIpc) is 2.59. The number of benzene rings is 1. The summed E-state index contributed by atoms with van der Waals surface area (Å²) in [6.07, 6.45) is 1.11. The summed E-state index contributed by atoms with van der Waals surface area (Å²) in [6.45, 7) is 6.03. The Labute approximate surface area is 116 Å². The second-order valence-corrected chi connectivity index (χ2v) is 6.26. The largest absolute Gasteiger partial charge is 0.373 e. The molecule has 19 heavy (non-hydrogen) atoms. The van der Waals surface area contributed by atoms with Gasteiger partial charge >= 0.3 is 0 Å². The highest BCUT2D eigenvalue weighted by Crippen LogP contribution is 2.42. The average molecular weight is 260 g/mol. The van der Waals surface area contributed by atoms with Crippen molar-refractivity contribution >= 4 is 11.5 Å². The number of likely N-dealkylation sites (N-methyl/N-ethyl adjacent to an activating group) is 1. The highest BCUT2D eigenvalue weighted by atomic mass is 16.1. The molecule has 0 bridgehead atoms. The third-order valence-corrected chi connectivity index (χ3v) is 4.16. The molecule has 3 heteroatoms. The quantitative estimate of drug-likeness (QED) is 0.777. The van der Waals surface area contributed by atoms with Crippen LogP contribution in [0.4, 0.5) is 5.69 Å². The van der Waals surface area contributed by atoms with Crippen LogP contribution in [0.2, 0.25) is 0 Å². The van der Waals surface area contributed by atoms with Crippen molar-refractivity contribution in [3.63, 3.8) is 0 Å². The summed E-state index contributed by atoms with van der Waals surface area (Å²) < 4.78 is 0. The zero-order chi connectivity index (χ0) is 14.2. The Morgan fingerprint density at radius 2 is 2.11 bits per heavy atom. The van der Waals surface area contributed by atoms with Gasteiger partial charge in [0.1, 0.15) is 0 Å². The third kappa shape index (κ3) is 2.66. The number of nitrogens with zero attached hydrogens (tertiary/aromatic N) is 2. The summed E-state index contributed by atoms with van der Waals surface area (Å²) in [6, 6.07) is 6.12. The lowest BCUT2D eigenvalue weighted by molar-refractivity contribution is 0.101. The van der Waals surface area contributed by atoms with Gasteiger partial charge in [-0.05, 0) is 57.7 Å². The molecular formula is C16H24N2O. The van der Waals surface area contributed by atoms with Crippen molar-refractivity contribution in [1.29, 1.82) is 0 Å². The minimum atomic E-state index is 0.139. The molecule has 0 saturated heterocycles. The van der Waals surface area contributed by atoms with Crippen LogP contribution >= 0.6 is 0 Å². The molecule has 104 valence electrons. The Hall–Kier alpha value is -1.35. The van der Waals surface area contributed by atoms with Crippen LogP contribution in [0.25, 0.3) is 0 Å². The molecule has 0 aliphatic carbocycles. The van der Waals surface area contributed by atoms with Crippen molar-refractivity contribution in [3.05, 3.63) is 29.3 Å². The minimum Gasteiger partial charge on any atom is -0.373 e. The molecule has 1 aliphatic rings. The van der Waals surface area contributed by atoms with E-state index in [1.165, 1.54) is 11.3 Å². The summed E-state index contributed by atoms with van der Waals surface area (Å²) in [7, 11) is 6.34. The van der Waals surface area contributed by atoms with E-state index >= 15 is 0 Å². The van der Waals surface area contributed by atoms with E-state index in [1.54, 1.807) is 6.92 Å². The highest BCUT2D eigenvalue weighted by molar-refractivity contribution is 5.95. The molecule has 0 fully saturated rings. The zero-order valence-electron chi connectivity index (χ0n) is 12.7. The van der Waals surface area contributed by atoms with E-state index in [1.807, 2.05) is 6.07 Å². The normalized spacial score (nSPS) is 21.9. The first kappa shape index (κ1) is 14.1. The predicted molar refractivity (Wildman–Crippen MR) is 80.2 cm³/mol. The number of fused-ring (bicyclic) bond motifs is 1. The smallest absolute Gasteiger partial charge is 0.159 e. The van der Waals surface area contributed by atoms with E-state index in [0.29, 0.717) is 0 Å². The number of carbonyl (C=O) groups is 1. The number of hydrogen-bond acceptors (Lipinski definition) is 3. The summed E-state index contributed by atoms with van der Waals surface area (Å²) in [4.78, 5) is 16.1. The summed E-state index contributed by atoms with van der Waals surface area (Å²) in [5.74, 6) is 0.146. The number of hydrogen-bond donors (Lipinski definition) is 0. The predicted octanol–water partition coefficient (Wildman–Crippen LogP) is 2.55. The highest BCUT2D eigenvalue weighted by Gasteiger charge is 2.37. The van der Waals surface area contributed by atoms with E-state index in [-0.39, 0.29) is 11.2 Å². The van der Waals surface area contributed by atoms with E-state index < -0.39 is 0 Å². The Morgan fingerprint density at radius 3 is 2.68 bits per heavy atom. The van der Waals surface area contributed by atoms with Crippen molar-refractivity contribution in [2.45, 2.75) is 25.7 Å². The van der Waals surface area contributed by atoms with Gasteiger partial charge in [0.05, 0.1) is 0 Å². The summed E-state index contributed by atoms with van der Waals surface area (Å²) in [5, 5.41) is 0. The maximum absolute atomic E-state index is 11.6. The molecule has 1 aromatic carbocycles. The van der Waals surface area contributed by atoms with E-state index in [4.69, 9.17) is 0 Å². The van der Waals surface area contributed by atoms with Gasteiger partial charge in [-0.3, -0.25) is 4.79 Å². The van der Waals surface area contributed by atoms with Gasteiger partial charge in [0.25, 0.3) is 0 Å². The van der Waals surface area contributed by atoms with Gasteiger partial charge in [0, 0.05) is 30.3 Å². The molecule has 1 aromatic rings. The SMILES string of the molecule is CC(=O)c1ccc2c(c1)[C@](C)(CCN(C)C)CN2C. The molecule has 1 heterocycles. The maximum atomic E-state index is 11.6. The third-order valence-electron chi connectivity index (χ3n) is 4.16. The molecule has 0 amide bonds. The van der Waals surface area contributed by atoms with Gasteiger partial charge in [-0.25, -0.2) is 0 Å². The molecule has 2 rings (SSSR count). The fourth-order valence-corrected chi connectivity index (χ4v) is 2.95. The van der Waals surface area contributed by atoms with Crippen LogP contribution in [0.15, 0.2) is 18.2 Å². The van der Waals surface area contributed by atoms with E-state index in [2.05, 4.69) is 50.0 Å². The second-order valence-electron chi connectivity index (χ2n) is 6.26. The van der Waals surface area contributed by atoms with Crippen LogP contribution in [0.3, 0.4) is 0 Å². The minimum absolute atomic E-state index is 0.139. The van der Waals surface area contributed by atoms with Crippen LogP contribution in [0.5, 0.6) is 0 Å². The van der Waals surface area contributed by atoms with Gasteiger partial charge in [-0.1, -0.05) is 6.92 Å². The fourth-order valence-electron chi connectivity index (χ4n) is 2.95.